The molecule has 0 radical (unpaired) electrons. The van der Waals surface area contributed by atoms with Gasteiger partial charge in [-0.2, -0.15) is 0 Å². The fourth-order valence-electron chi connectivity index (χ4n) is 2.41. The average molecular weight is 305 g/mol. The maximum absolute atomic E-state index is 13.5. The van der Waals surface area contributed by atoms with E-state index in [1.807, 2.05) is 0 Å². The Kier molecular flexibility index (Phi) is 4.70. The third-order valence-electron chi connectivity index (χ3n) is 3.36. The van der Waals surface area contributed by atoms with Gasteiger partial charge in [0.25, 0.3) is 0 Å². The average Bonchev–Trinajstić information content (AvgIpc) is 2.81. The lowest BCUT2D eigenvalue weighted by Gasteiger charge is -2.27. The fourth-order valence-corrected chi connectivity index (χ4v) is 3.54. The van der Waals surface area contributed by atoms with Crippen LogP contribution in [0, 0.1) is 0 Å². The Morgan fingerprint density at radius 3 is 2.85 bits per heavy atom. The molecule has 0 aliphatic heterocycles. The number of hydrogen-bond donors (Lipinski definition) is 0. The summed E-state index contributed by atoms with van der Waals surface area (Å²) >= 11 is 1.14. The zero-order chi connectivity index (χ0) is 14.8. The van der Waals surface area contributed by atoms with E-state index in [0.29, 0.717) is 28.4 Å². The molecule has 1 heterocycles. The Hall–Kier alpha value is -1.08. The van der Waals surface area contributed by atoms with E-state index in [0.717, 1.165) is 11.3 Å². The Balaban J connectivity index is 2.26. The van der Waals surface area contributed by atoms with Crippen molar-refractivity contribution in [2.24, 2.45) is 0 Å². The number of halogens is 2. The summed E-state index contributed by atoms with van der Waals surface area (Å²) in [4.78, 5) is 16.3. The highest BCUT2D eigenvalue weighted by Crippen LogP contribution is 2.43. The van der Waals surface area contributed by atoms with Gasteiger partial charge in [-0.1, -0.05) is 0 Å². The standard InChI is InChI=1S/C13H17F2NO3S/c1-18-7-9-10(12(17)19-2)20-11(16-9)8-4-3-5-13(14,15)6-8/h8H,3-7H2,1-2H3. The second kappa shape index (κ2) is 6.13. The Labute approximate surface area is 120 Å². The largest absolute Gasteiger partial charge is 0.465 e. The summed E-state index contributed by atoms with van der Waals surface area (Å²) in [6, 6.07) is 0. The number of esters is 1. The molecule has 1 aliphatic carbocycles. The normalized spacial score (nSPS) is 21.7. The highest BCUT2D eigenvalue weighted by molar-refractivity contribution is 7.13. The van der Waals surface area contributed by atoms with Crippen molar-refractivity contribution in [1.29, 1.82) is 0 Å². The molecule has 1 aromatic heterocycles. The van der Waals surface area contributed by atoms with Crippen LogP contribution >= 0.6 is 11.3 Å². The summed E-state index contributed by atoms with van der Waals surface area (Å²) in [7, 11) is 2.78. The molecular formula is C13H17F2NO3S. The van der Waals surface area contributed by atoms with E-state index in [-0.39, 0.29) is 25.4 Å². The molecule has 0 amide bonds. The van der Waals surface area contributed by atoms with Gasteiger partial charge in [0.2, 0.25) is 5.92 Å². The number of carbonyl (C=O) groups excluding carboxylic acids is 1. The molecule has 1 aromatic rings. The number of aromatic nitrogens is 1. The molecule has 0 aromatic carbocycles. The van der Waals surface area contributed by atoms with Crippen molar-refractivity contribution in [3.8, 4) is 0 Å². The Bertz CT molecular complexity index is 490. The third-order valence-corrected chi connectivity index (χ3v) is 4.60. The van der Waals surface area contributed by atoms with Crippen LogP contribution in [0.15, 0.2) is 0 Å². The van der Waals surface area contributed by atoms with Gasteiger partial charge in [0.05, 0.1) is 24.4 Å². The molecule has 1 aliphatic rings. The minimum absolute atomic E-state index is 0.0658. The summed E-state index contributed by atoms with van der Waals surface area (Å²) < 4.78 is 36.6. The van der Waals surface area contributed by atoms with E-state index in [1.54, 1.807) is 0 Å². The van der Waals surface area contributed by atoms with Crippen LogP contribution in [0.5, 0.6) is 0 Å². The maximum atomic E-state index is 13.5. The molecule has 0 bridgehead atoms. The fraction of sp³-hybridized carbons (Fsp3) is 0.692. The monoisotopic (exact) mass is 305 g/mol. The van der Waals surface area contributed by atoms with Gasteiger partial charge in [-0.25, -0.2) is 18.6 Å². The molecular weight excluding hydrogens is 288 g/mol. The number of ether oxygens (including phenoxy) is 2. The van der Waals surface area contributed by atoms with Crippen LogP contribution in [0.4, 0.5) is 8.78 Å². The van der Waals surface area contributed by atoms with Crippen LogP contribution in [0.25, 0.3) is 0 Å². The summed E-state index contributed by atoms with van der Waals surface area (Å²) in [6.45, 7) is 0.171. The van der Waals surface area contributed by atoms with E-state index >= 15 is 0 Å². The SMILES string of the molecule is COCc1nc(C2CCCC(F)(F)C2)sc1C(=O)OC. The molecule has 0 saturated heterocycles. The number of rotatable bonds is 4. The first-order valence-electron chi connectivity index (χ1n) is 6.41. The molecule has 4 nitrogen and oxygen atoms in total. The zero-order valence-corrected chi connectivity index (χ0v) is 12.3. The number of hydrogen-bond acceptors (Lipinski definition) is 5. The van der Waals surface area contributed by atoms with Crippen LogP contribution in [0.1, 0.15) is 52.0 Å². The van der Waals surface area contributed by atoms with Gasteiger partial charge in [0.15, 0.2) is 0 Å². The lowest BCUT2D eigenvalue weighted by molar-refractivity contribution is -0.0408. The Morgan fingerprint density at radius 2 is 2.25 bits per heavy atom. The van der Waals surface area contributed by atoms with E-state index in [4.69, 9.17) is 9.47 Å². The van der Waals surface area contributed by atoms with Crippen molar-refractivity contribution in [3.63, 3.8) is 0 Å². The first-order chi connectivity index (χ1) is 9.46. The summed E-state index contributed by atoms with van der Waals surface area (Å²) in [6.07, 6.45) is 0.887. The van der Waals surface area contributed by atoms with E-state index < -0.39 is 11.9 Å². The zero-order valence-electron chi connectivity index (χ0n) is 11.4. The molecule has 1 atom stereocenters. The topological polar surface area (TPSA) is 48.4 Å². The molecule has 112 valence electrons. The van der Waals surface area contributed by atoms with Gasteiger partial charge < -0.3 is 9.47 Å². The molecule has 1 fully saturated rings. The number of alkyl halides is 2. The van der Waals surface area contributed by atoms with E-state index in [9.17, 15) is 13.6 Å². The first kappa shape index (κ1) is 15.3. The van der Waals surface area contributed by atoms with Gasteiger partial charge >= 0.3 is 5.97 Å². The molecule has 2 rings (SSSR count). The molecule has 1 saturated carbocycles. The summed E-state index contributed by atoms with van der Waals surface area (Å²) in [5.74, 6) is -3.43. The van der Waals surface area contributed by atoms with Gasteiger partial charge in [-0.05, 0) is 12.8 Å². The lowest BCUT2D eigenvalue weighted by Crippen LogP contribution is -2.24. The summed E-state index contributed by atoms with van der Waals surface area (Å²) in [5.41, 5.74) is 0.466. The Morgan fingerprint density at radius 1 is 1.50 bits per heavy atom. The highest BCUT2D eigenvalue weighted by atomic mass is 32.1. The van der Waals surface area contributed by atoms with Crippen LogP contribution in [0.2, 0.25) is 0 Å². The molecule has 20 heavy (non-hydrogen) atoms. The van der Waals surface area contributed by atoms with Crippen molar-refractivity contribution >= 4 is 17.3 Å². The number of carbonyl (C=O) groups is 1. The quantitative estimate of drug-likeness (QED) is 0.800. The van der Waals surface area contributed by atoms with Crippen LogP contribution in [0.3, 0.4) is 0 Å². The first-order valence-corrected chi connectivity index (χ1v) is 7.23. The van der Waals surface area contributed by atoms with E-state index in [1.165, 1.54) is 14.2 Å². The van der Waals surface area contributed by atoms with Crippen LogP contribution in [-0.4, -0.2) is 31.1 Å². The van der Waals surface area contributed by atoms with Crippen molar-refractivity contribution < 1.29 is 23.0 Å². The van der Waals surface area contributed by atoms with Crippen LogP contribution in [-0.2, 0) is 16.1 Å². The predicted octanol–water partition coefficient (Wildman–Crippen LogP) is 3.37. The van der Waals surface area contributed by atoms with Crippen molar-refractivity contribution in [2.45, 2.75) is 44.1 Å². The second-order valence-electron chi connectivity index (χ2n) is 4.90. The number of thiazole rings is 1. The minimum Gasteiger partial charge on any atom is -0.465 e. The number of methoxy groups -OCH3 is 2. The molecule has 0 spiro atoms. The molecule has 1 unspecified atom stereocenters. The lowest BCUT2D eigenvalue weighted by atomic mass is 9.87. The second-order valence-corrected chi connectivity index (χ2v) is 5.93. The van der Waals surface area contributed by atoms with Gasteiger partial charge in [-0.3, -0.25) is 0 Å². The third kappa shape index (κ3) is 3.32. The van der Waals surface area contributed by atoms with Gasteiger partial charge in [-0.15, -0.1) is 11.3 Å². The van der Waals surface area contributed by atoms with E-state index in [2.05, 4.69) is 4.98 Å². The van der Waals surface area contributed by atoms with Gasteiger partial charge in [0, 0.05) is 25.9 Å². The van der Waals surface area contributed by atoms with Crippen LogP contribution < -0.4 is 0 Å². The molecule has 0 N–H and O–H groups in total. The maximum Gasteiger partial charge on any atom is 0.350 e. The number of nitrogens with zero attached hydrogens (tertiary/aromatic N) is 1. The summed E-state index contributed by atoms with van der Waals surface area (Å²) in [5, 5.41) is 0.580. The van der Waals surface area contributed by atoms with Crippen molar-refractivity contribution in [2.75, 3.05) is 14.2 Å². The highest BCUT2D eigenvalue weighted by Gasteiger charge is 2.38. The minimum atomic E-state index is -2.64. The predicted molar refractivity (Wildman–Crippen MR) is 70.3 cm³/mol. The smallest absolute Gasteiger partial charge is 0.350 e. The van der Waals surface area contributed by atoms with Gasteiger partial charge in [0.1, 0.15) is 4.88 Å². The van der Waals surface area contributed by atoms with Crippen molar-refractivity contribution in [1.82, 2.24) is 4.98 Å². The van der Waals surface area contributed by atoms with Crippen molar-refractivity contribution in [3.05, 3.63) is 15.6 Å². The molecule has 7 heteroatoms.